The number of aliphatic hydroxyl groups is 2. The predicted octanol–water partition coefficient (Wildman–Crippen LogP) is 0.326. The Hall–Kier alpha value is -0.757. The van der Waals surface area contributed by atoms with Gasteiger partial charge in [0.2, 0.25) is 0 Å². The molecular weight excluding hydrogens is 409 g/mol. The average Bonchev–Trinajstić information content (AvgIpc) is 2.40. The molecule has 0 bridgehead atoms. The van der Waals surface area contributed by atoms with E-state index in [1.807, 2.05) is 24.3 Å². The molecule has 2 rings (SSSR count). The summed E-state index contributed by atoms with van der Waals surface area (Å²) in [5.74, 6) is 0. The Morgan fingerprint density at radius 3 is 1.29 bits per heavy atom. The molecule has 0 atom stereocenters. The quantitative estimate of drug-likeness (QED) is 0.697. The minimum absolute atomic E-state index is 0.109. The Balaban J connectivity index is 2.08. The van der Waals surface area contributed by atoms with Gasteiger partial charge in [-0.25, -0.2) is 0 Å². The first-order chi connectivity index (χ1) is 8.31. The van der Waals surface area contributed by atoms with E-state index in [1.54, 1.807) is 0 Å². The van der Waals surface area contributed by atoms with Gasteiger partial charge in [0.05, 0.1) is 0 Å². The van der Waals surface area contributed by atoms with Crippen molar-refractivity contribution in [2.24, 2.45) is 0 Å². The molecule has 2 N–H and O–H groups in total. The van der Waals surface area contributed by atoms with E-state index in [4.69, 9.17) is 10.2 Å². The van der Waals surface area contributed by atoms with Crippen molar-refractivity contribution in [3.63, 3.8) is 0 Å². The number of aliphatic hydroxyl groups excluding tert-OH is 2. The van der Waals surface area contributed by atoms with E-state index in [2.05, 4.69) is 24.3 Å². The van der Waals surface area contributed by atoms with Crippen molar-refractivity contribution in [2.75, 3.05) is 0 Å². The van der Waals surface area contributed by atoms with E-state index in [0.717, 1.165) is 11.1 Å². The molecular formula is C14H14BiO2. The average molecular weight is 423 g/mol. The summed E-state index contributed by atoms with van der Waals surface area (Å²) in [6.45, 7) is 0.218. The maximum atomic E-state index is 8.97. The second-order valence-corrected chi connectivity index (χ2v) is 8.65. The third kappa shape index (κ3) is 3.60. The van der Waals surface area contributed by atoms with Crippen LogP contribution in [-0.2, 0) is 13.2 Å². The maximum absolute atomic E-state index is 8.97. The van der Waals surface area contributed by atoms with Gasteiger partial charge in [0.15, 0.2) is 0 Å². The van der Waals surface area contributed by atoms with Crippen LogP contribution in [0.15, 0.2) is 48.5 Å². The van der Waals surface area contributed by atoms with Crippen molar-refractivity contribution in [3.8, 4) is 0 Å². The molecule has 0 amide bonds. The fourth-order valence-electron chi connectivity index (χ4n) is 1.50. The van der Waals surface area contributed by atoms with Crippen LogP contribution in [0.4, 0.5) is 0 Å². The molecule has 2 aromatic carbocycles. The molecule has 0 heterocycles. The summed E-state index contributed by atoms with van der Waals surface area (Å²) >= 11 is -0.840. The van der Waals surface area contributed by atoms with Crippen molar-refractivity contribution in [3.05, 3.63) is 59.7 Å². The van der Waals surface area contributed by atoms with Crippen LogP contribution in [0.5, 0.6) is 0 Å². The molecule has 0 spiro atoms. The molecule has 0 saturated heterocycles. The fourth-order valence-corrected chi connectivity index (χ4v) is 4.98. The molecule has 0 aliphatic heterocycles. The zero-order valence-electron chi connectivity index (χ0n) is 9.37. The number of hydrogen-bond acceptors (Lipinski definition) is 2. The molecule has 0 aliphatic rings. The Morgan fingerprint density at radius 1 is 0.647 bits per heavy atom. The van der Waals surface area contributed by atoms with E-state index in [1.165, 1.54) is 6.54 Å². The standard InChI is InChI=1S/2C7H7O.Bi/c2*8-6-7-4-2-1-3-5-7;/h2*2-5,8H,6H2;. The van der Waals surface area contributed by atoms with Crippen LogP contribution in [0.1, 0.15) is 11.1 Å². The molecule has 0 aromatic heterocycles. The van der Waals surface area contributed by atoms with Crippen molar-refractivity contribution in [1.29, 1.82) is 0 Å². The van der Waals surface area contributed by atoms with Gasteiger partial charge in [-0.2, -0.15) is 0 Å². The van der Waals surface area contributed by atoms with Gasteiger partial charge in [0.1, 0.15) is 0 Å². The first kappa shape index (κ1) is 12.7. The van der Waals surface area contributed by atoms with Gasteiger partial charge in [0.25, 0.3) is 0 Å². The van der Waals surface area contributed by atoms with Crippen LogP contribution < -0.4 is 6.54 Å². The summed E-state index contributed by atoms with van der Waals surface area (Å²) in [7, 11) is 0. The normalized spacial score (nSPS) is 10.5. The molecule has 17 heavy (non-hydrogen) atoms. The second kappa shape index (κ2) is 6.25. The predicted molar refractivity (Wildman–Crippen MR) is 69.8 cm³/mol. The topological polar surface area (TPSA) is 40.5 Å². The van der Waals surface area contributed by atoms with E-state index in [0.29, 0.717) is 0 Å². The van der Waals surface area contributed by atoms with E-state index in [9.17, 15) is 0 Å². The third-order valence-electron chi connectivity index (χ3n) is 2.50. The van der Waals surface area contributed by atoms with E-state index < -0.39 is 23.2 Å². The van der Waals surface area contributed by atoms with Crippen LogP contribution in [0.3, 0.4) is 0 Å². The molecule has 2 aromatic rings. The summed E-state index contributed by atoms with van der Waals surface area (Å²) in [6, 6.07) is 16.4. The Kier molecular flexibility index (Phi) is 4.67. The Morgan fingerprint density at radius 2 is 1.00 bits per heavy atom. The number of benzene rings is 2. The molecule has 2 nitrogen and oxygen atoms in total. The molecule has 0 aliphatic carbocycles. The first-order valence-corrected chi connectivity index (χ1v) is 8.91. The number of rotatable bonds is 4. The van der Waals surface area contributed by atoms with E-state index >= 15 is 0 Å². The fraction of sp³-hybridized carbons (Fsp3) is 0.143. The molecule has 87 valence electrons. The van der Waals surface area contributed by atoms with Crippen LogP contribution in [-0.4, -0.2) is 33.4 Å². The molecule has 0 fully saturated rings. The van der Waals surface area contributed by atoms with Gasteiger partial charge < -0.3 is 0 Å². The van der Waals surface area contributed by atoms with E-state index in [-0.39, 0.29) is 13.2 Å². The van der Waals surface area contributed by atoms with Crippen LogP contribution >= 0.6 is 0 Å². The summed E-state index contributed by atoms with van der Waals surface area (Å²) in [6.07, 6.45) is 0. The number of hydrogen-bond donors (Lipinski definition) is 2. The zero-order chi connectivity index (χ0) is 12.1. The van der Waals surface area contributed by atoms with Crippen molar-refractivity contribution >= 4 is 29.8 Å². The molecule has 1 radical (unpaired) electrons. The Labute approximate surface area is 113 Å². The SMILES string of the molecule is OCc1cc[c]([Bi][c]2ccc(CO)cc2)cc1. The second-order valence-electron chi connectivity index (χ2n) is 3.76. The molecule has 3 heteroatoms. The summed E-state index contributed by atoms with van der Waals surface area (Å²) in [5.41, 5.74) is 1.93. The zero-order valence-corrected chi connectivity index (χ0v) is 12.9. The molecule has 0 saturated carbocycles. The van der Waals surface area contributed by atoms with Gasteiger partial charge in [-0.1, -0.05) is 0 Å². The first-order valence-electron chi connectivity index (χ1n) is 5.43. The third-order valence-corrected chi connectivity index (χ3v) is 6.82. The van der Waals surface area contributed by atoms with Crippen LogP contribution in [0, 0.1) is 0 Å². The van der Waals surface area contributed by atoms with Crippen LogP contribution in [0.25, 0.3) is 0 Å². The monoisotopic (exact) mass is 423 g/mol. The van der Waals surface area contributed by atoms with Crippen LogP contribution in [0.2, 0.25) is 0 Å². The van der Waals surface area contributed by atoms with Gasteiger partial charge in [-0.15, -0.1) is 0 Å². The van der Waals surface area contributed by atoms with Gasteiger partial charge in [0, 0.05) is 0 Å². The van der Waals surface area contributed by atoms with Gasteiger partial charge >= 0.3 is 113 Å². The molecule has 0 unspecified atom stereocenters. The van der Waals surface area contributed by atoms with Crippen molar-refractivity contribution in [1.82, 2.24) is 0 Å². The summed E-state index contributed by atoms with van der Waals surface area (Å²) < 4.78 is 2.80. The van der Waals surface area contributed by atoms with Gasteiger partial charge in [-0.05, 0) is 0 Å². The van der Waals surface area contributed by atoms with Gasteiger partial charge in [-0.3, -0.25) is 0 Å². The summed E-state index contributed by atoms with van der Waals surface area (Å²) in [4.78, 5) is 0. The Bertz CT molecular complexity index is 417. The summed E-state index contributed by atoms with van der Waals surface area (Å²) in [5, 5.41) is 17.9. The minimum atomic E-state index is -0.840. The van der Waals surface area contributed by atoms with Crippen molar-refractivity contribution in [2.45, 2.75) is 13.2 Å². The van der Waals surface area contributed by atoms with Crippen molar-refractivity contribution < 1.29 is 10.2 Å².